The predicted octanol–water partition coefficient (Wildman–Crippen LogP) is 4.75. The number of benzene rings is 3. The first-order valence-electron chi connectivity index (χ1n) is 9.80. The van der Waals surface area contributed by atoms with E-state index in [1.807, 2.05) is 18.2 Å². The number of aryl methyl sites for hydroxylation is 1. The third kappa shape index (κ3) is 4.25. The summed E-state index contributed by atoms with van der Waals surface area (Å²) in [6.07, 6.45) is 2.42. The van der Waals surface area contributed by atoms with Crippen LogP contribution in [-0.4, -0.2) is 18.3 Å². The largest absolute Gasteiger partial charge is 0.493 e. The molecule has 1 amide bonds. The first kappa shape index (κ1) is 19.5. The summed E-state index contributed by atoms with van der Waals surface area (Å²) >= 11 is 0. The Balaban J connectivity index is 1.59. The molecule has 5 heteroatoms. The van der Waals surface area contributed by atoms with Gasteiger partial charge in [0.1, 0.15) is 11.6 Å². The molecule has 1 aliphatic rings. The van der Waals surface area contributed by atoms with E-state index in [4.69, 9.17) is 15.9 Å². The number of hydrogen-bond donors (Lipinski definition) is 3. The monoisotopic (exact) mass is 397 g/mol. The maximum atomic E-state index is 12.8. The highest BCUT2D eigenvalue weighted by atomic mass is 16.5. The number of ether oxygens (including phenoxy) is 1. The maximum Gasteiger partial charge on any atom is 0.251 e. The van der Waals surface area contributed by atoms with Crippen molar-refractivity contribution in [2.75, 3.05) is 11.9 Å². The van der Waals surface area contributed by atoms with Crippen molar-refractivity contribution in [2.24, 2.45) is 5.73 Å². The lowest BCUT2D eigenvalue weighted by Gasteiger charge is -2.09. The number of anilines is 1. The molecule has 0 spiro atoms. The number of hydrogen-bond acceptors (Lipinski definition) is 3. The Morgan fingerprint density at radius 2 is 1.70 bits per heavy atom. The van der Waals surface area contributed by atoms with E-state index in [0.29, 0.717) is 29.9 Å². The van der Waals surface area contributed by atoms with Gasteiger partial charge in [0.2, 0.25) is 0 Å². The molecule has 0 bridgehead atoms. The molecule has 1 aliphatic heterocycles. The number of nitrogens with two attached hydrogens (primary N) is 1. The first-order chi connectivity index (χ1) is 14.5. The van der Waals surface area contributed by atoms with Gasteiger partial charge in [0.25, 0.3) is 5.91 Å². The molecule has 30 heavy (non-hydrogen) atoms. The molecule has 0 atom stereocenters. The van der Waals surface area contributed by atoms with Crippen molar-refractivity contribution < 1.29 is 9.53 Å². The molecule has 1 heterocycles. The number of amidine groups is 1. The number of nitrogen functional groups attached to an aromatic ring is 1. The zero-order chi connectivity index (χ0) is 21.1. The summed E-state index contributed by atoms with van der Waals surface area (Å²) in [6.45, 7) is 2.51. The van der Waals surface area contributed by atoms with Crippen LogP contribution in [-0.2, 0) is 4.79 Å². The van der Waals surface area contributed by atoms with E-state index in [1.165, 1.54) is 5.56 Å². The van der Waals surface area contributed by atoms with E-state index in [2.05, 4.69) is 42.6 Å². The van der Waals surface area contributed by atoms with E-state index in [-0.39, 0.29) is 11.7 Å². The molecule has 0 saturated heterocycles. The lowest BCUT2D eigenvalue weighted by Crippen LogP contribution is -2.16. The molecule has 0 aromatic heterocycles. The molecule has 5 nitrogen and oxygen atoms in total. The zero-order valence-corrected chi connectivity index (χ0v) is 16.7. The molecule has 0 saturated carbocycles. The van der Waals surface area contributed by atoms with Gasteiger partial charge < -0.3 is 15.8 Å². The highest BCUT2D eigenvalue weighted by molar-refractivity contribution is 6.07. The van der Waals surface area contributed by atoms with Crippen LogP contribution >= 0.6 is 0 Å². The highest BCUT2D eigenvalue weighted by Gasteiger charge is 2.16. The molecule has 4 rings (SSSR count). The Kier molecular flexibility index (Phi) is 5.35. The Bertz CT molecular complexity index is 1130. The van der Waals surface area contributed by atoms with Crippen molar-refractivity contribution in [1.29, 1.82) is 5.41 Å². The number of carbonyl (C=O) groups is 1. The van der Waals surface area contributed by atoms with Crippen LogP contribution in [0.3, 0.4) is 0 Å². The molecule has 3 aromatic carbocycles. The number of amides is 1. The number of fused-ring (bicyclic) bond motifs is 1. The van der Waals surface area contributed by atoms with E-state index in [0.717, 1.165) is 22.4 Å². The standard InChI is InChI=1S/C25H23N3O2/c1-16-2-4-17(5-3-16)19-8-11-23-21(14-19)15-20(12-13-30-23)25(29)28-22-9-6-18(7-10-22)24(26)27/h2-11,14-15H,12-13H2,1H3,(H3,26,27)(H,28,29). The smallest absolute Gasteiger partial charge is 0.251 e. The molecule has 0 unspecified atom stereocenters. The lowest BCUT2D eigenvalue weighted by atomic mass is 10.00. The number of nitrogens with one attached hydrogen (secondary N) is 2. The Labute approximate surface area is 175 Å². The van der Waals surface area contributed by atoms with Gasteiger partial charge in [0, 0.05) is 28.8 Å². The Morgan fingerprint density at radius 3 is 2.40 bits per heavy atom. The second kappa shape index (κ2) is 8.25. The van der Waals surface area contributed by atoms with E-state index in [9.17, 15) is 4.79 Å². The Morgan fingerprint density at radius 1 is 1.00 bits per heavy atom. The SMILES string of the molecule is Cc1ccc(-c2ccc3c(c2)C=C(C(=O)Nc2ccc(C(=N)N)cc2)CCO3)cc1. The summed E-state index contributed by atoms with van der Waals surface area (Å²) in [5.41, 5.74) is 11.7. The highest BCUT2D eigenvalue weighted by Crippen LogP contribution is 2.31. The molecule has 4 N–H and O–H groups in total. The summed E-state index contributed by atoms with van der Waals surface area (Å²) in [5, 5.41) is 10.4. The van der Waals surface area contributed by atoms with Crippen molar-refractivity contribution in [2.45, 2.75) is 13.3 Å². The van der Waals surface area contributed by atoms with Crippen LogP contribution < -0.4 is 15.8 Å². The summed E-state index contributed by atoms with van der Waals surface area (Å²) < 4.78 is 5.86. The minimum Gasteiger partial charge on any atom is -0.493 e. The van der Waals surface area contributed by atoms with Crippen molar-refractivity contribution in [3.8, 4) is 16.9 Å². The average molecular weight is 397 g/mol. The third-order valence-corrected chi connectivity index (χ3v) is 5.10. The van der Waals surface area contributed by atoms with Crippen molar-refractivity contribution in [3.05, 3.63) is 89.0 Å². The van der Waals surface area contributed by atoms with Gasteiger partial charge in [-0.1, -0.05) is 35.9 Å². The first-order valence-corrected chi connectivity index (χ1v) is 9.80. The molecule has 3 aromatic rings. The normalized spacial score (nSPS) is 12.8. The Hall–Kier alpha value is -3.86. The fraction of sp³-hybridized carbons (Fsp3) is 0.120. The summed E-state index contributed by atoms with van der Waals surface area (Å²) in [7, 11) is 0. The molecular weight excluding hydrogens is 374 g/mol. The third-order valence-electron chi connectivity index (χ3n) is 5.10. The molecule has 0 fully saturated rings. The topological polar surface area (TPSA) is 88.2 Å². The van der Waals surface area contributed by atoms with Crippen molar-refractivity contribution >= 4 is 23.5 Å². The molecular formula is C25H23N3O2. The fourth-order valence-corrected chi connectivity index (χ4v) is 3.37. The van der Waals surface area contributed by atoms with Gasteiger partial charge in [-0.05, 0) is 60.5 Å². The summed E-state index contributed by atoms with van der Waals surface area (Å²) in [6, 6.07) is 21.3. The molecule has 150 valence electrons. The van der Waals surface area contributed by atoms with Crippen LogP contribution in [0.25, 0.3) is 17.2 Å². The van der Waals surface area contributed by atoms with Gasteiger partial charge >= 0.3 is 0 Å². The predicted molar refractivity (Wildman–Crippen MR) is 121 cm³/mol. The van der Waals surface area contributed by atoms with Crippen molar-refractivity contribution in [3.63, 3.8) is 0 Å². The fourth-order valence-electron chi connectivity index (χ4n) is 3.37. The van der Waals surface area contributed by atoms with Gasteiger partial charge in [-0.25, -0.2) is 0 Å². The van der Waals surface area contributed by atoms with Crippen molar-refractivity contribution in [1.82, 2.24) is 0 Å². The van der Waals surface area contributed by atoms with Crippen LogP contribution in [0.2, 0.25) is 0 Å². The van der Waals surface area contributed by atoms with Gasteiger partial charge in [-0.15, -0.1) is 0 Å². The van der Waals surface area contributed by atoms with Crippen LogP contribution in [0.15, 0.2) is 72.3 Å². The van der Waals surface area contributed by atoms with E-state index < -0.39 is 0 Å². The minimum atomic E-state index is -0.164. The zero-order valence-electron chi connectivity index (χ0n) is 16.7. The second-order valence-corrected chi connectivity index (χ2v) is 7.33. The average Bonchev–Trinajstić information content (AvgIpc) is 2.96. The van der Waals surface area contributed by atoms with Gasteiger partial charge in [-0.3, -0.25) is 10.2 Å². The summed E-state index contributed by atoms with van der Waals surface area (Å²) in [4.78, 5) is 12.8. The van der Waals surface area contributed by atoms with E-state index in [1.54, 1.807) is 24.3 Å². The number of rotatable bonds is 4. The minimum absolute atomic E-state index is 0.00232. The van der Waals surface area contributed by atoms with Crippen LogP contribution in [0, 0.1) is 12.3 Å². The second-order valence-electron chi connectivity index (χ2n) is 7.33. The van der Waals surface area contributed by atoms with E-state index >= 15 is 0 Å². The lowest BCUT2D eigenvalue weighted by molar-refractivity contribution is -0.113. The quantitative estimate of drug-likeness (QED) is 0.438. The molecule has 0 aliphatic carbocycles. The maximum absolute atomic E-state index is 12.8. The van der Waals surface area contributed by atoms with Crippen LogP contribution in [0.1, 0.15) is 23.1 Å². The van der Waals surface area contributed by atoms with Gasteiger partial charge in [0.15, 0.2) is 0 Å². The van der Waals surface area contributed by atoms with Crippen LogP contribution in [0.5, 0.6) is 5.75 Å². The molecule has 0 radical (unpaired) electrons. The van der Waals surface area contributed by atoms with Gasteiger partial charge in [0.05, 0.1) is 6.61 Å². The number of carbonyl (C=O) groups excluding carboxylic acids is 1. The summed E-state index contributed by atoms with van der Waals surface area (Å²) in [5.74, 6) is 0.611. The van der Waals surface area contributed by atoms with Crippen LogP contribution in [0.4, 0.5) is 5.69 Å². The van der Waals surface area contributed by atoms with Gasteiger partial charge in [-0.2, -0.15) is 0 Å².